The van der Waals surface area contributed by atoms with Gasteiger partial charge in [0.25, 0.3) is 10.0 Å². The van der Waals surface area contributed by atoms with Gasteiger partial charge in [0.15, 0.2) is 0 Å². The summed E-state index contributed by atoms with van der Waals surface area (Å²) in [6, 6.07) is 1.57. The lowest BCUT2D eigenvalue weighted by Crippen LogP contribution is -2.41. The highest BCUT2D eigenvalue weighted by Gasteiger charge is 2.30. The van der Waals surface area contributed by atoms with Crippen molar-refractivity contribution in [3.05, 3.63) is 17.0 Å². The van der Waals surface area contributed by atoms with Crippen LogP contribution < -0.4 is 0 Å². The summed E-state index contributed by atoms with van der Waals surface area (Å²) in [6.07, 6.45) is 0.989. The van der Waals surface area contributed by atoms with Gasteiger partial charge in [-0.3, -0.25) is 0 Å². The Morgan fingerprint density at radius 2 is 2.33 bits per heavy atom. The van der Waals surface area contributed by atoms with Gasteiger partial charge in [-0.05, 0) is 23.4 Å². The summed E-state index contributed by atoms with van der Waals surface area (Å²) in [6.45, 7) is 3.15. The monoisotopic (exact) mass is 307 g/mol. The first-order chi connectivity index (χ1) is 8.57. The predicted octanol–water partition coefficient (Wildman–Crippen LogP) is 1.76. The number of thioether (sulfide) groups is 1. The van der Waals surface area contributed by atoms with Gasteiger partial charge in [0, 0.05) is 24.1 Å². The van der Waals surface area contributed by atoms with E-state index < -0.39 is 10.0 Å². The molecule has 18 heavy (non-hydrogen) atoms. The van der Waals surface area contributed by atoms with Crippen molar-refractivity contribution in [3.8, 4) is 0 Å². The summed E-state index contributed by atoms with van der Waals surface area (Å²) in [5.41, 5.74) is 0.664. The van der Waals surface area contributed by atoms with Gasteiger partial charge in [0.2, 0.25) is 0 Å². The van der Waals surface area contributed by atoms with Crippen LogP contribution in [0.15, 0.2) is 15.7 Å². The number of aliphatic hydroxyl groups excluding tert-OH is 1. The molecule has 1 atom stereocenters. The number of rotatable bonds is 4. The second-order valence-electron chi connectivity index (χ2n) is 4.20. The average molecular weight is 307 g/mol. The minimum atomic E-state index is -3.37. The Kier molecular flexibility index (Phi) is 4.71. The molecule has 0 saturated carbocycles. The van der Waals surface area contributed by atoms with Gasteiger partial charge in [0.1, 0.15) is 4.21 Å². The smallest absolute Gasteiger partial charge is 0.252 e. The van der Waals surface area contributed by atoms with Crippen molar-refractivity contribution in [1.82, 2.24) is 4.31 Å². The fourth-order valence-electron chi connectivity index (χ4n) is 1.86. The largest absolute Gasteiger partial charge is 0.392 e. The first-order valence-electron chi connectivity index (χ1n) is 5.88. The summed E-state index contributed by atoms with van der Waals surface area (Å²) in [4.78, 5) is 0. The quantitative estimate of drug-likeness (QED) is 0.921. The molecule has 0 radical (unpaired) electrons. The number of hydrogen-bond acceptors (Lipinski definition) is 5. The van der Waals surface area contributed by atoms with E-state index in [1.807, 2.05) is 11.8 Å². The Morgan fingerprint density at radius 1 is 1.56 bits per heavy atom. The van der Waals surface area contributed by atoms with E-state index in [4.69, 9.17) is 5.11 Å². The molecule has 2 heterocycles. The molecule has 0 spiro atoms. The van der Waals surface area contributed by atoms with Crippen molar-refractivity contribution in [2.45, 2.75) is 29.4 Å². The number of sulfonamides is 1. The molecule has 0 aromatic carbocycles. The summed E-state index contributed by atoms with van der Waals surface area (Å²) < 4.78 is 26.8. The minimum Gasteiger partial charge on any atom is -0.392 e. The second-order valence-corrected chi connectivity index (χ2v) is 8.68. The number of thiophene rings is 1. The topological polar surface area (TPSA) is 57.6 Å². The highest BCUT2D eigenvalue weighted by atomic mass is 32.2. The summed E-state index contributed by atoms with van der Waals surface area (Å²) in [5.74, 6) is 0.857. The van der Waals surface area contributed by atoms with Crippen LogP contribution in [0.1, 0.15) is 18.9 Å². The third-order valence-electron chi connectivity index (χ3n) is 2.96. The maximum atomic E-state index is 12.4. The molecule has 7 heteroatoms. The van der Waals surface area contributed by atoms with E-state index >= 15 is 0 Å². The van der Waals surface area contributed by atoms with Gasteiger partial charge in [-0.25, -0.2) is 8.42 Å². The van der Waals surface area contributed by atoms with Gasteiger partial charge in [-0.2, -0.15) is 16.1 Å². The zero-order valence-corrected chi connectivity index (χ0v) is 12.7. The van der Waals surface area contributed by atoms with Gasteiger partial charge in [-0.15, -0.1) is 11.3 Å². The van der Waals surface area contributed by atoms with Gasteiger partial charge >= 0.3 is 0 Å². The molecule has 102 valence electrons. The molecule has 1 fully saturated rings. The fourth-order valence-corrected chi connectivity index (χ4v) is 6.09. The van der Waals surface area contributed by atoms with Crippen LogP contribution in [0.4, 0.5) is 0 Å². The lowest BCUT2D eigenvalue weighted by molar-refractivity contribution is 0.282. The minimum absolute atomic E-state index is 0.112. The van der Waals surface area contributed by atoms with Crippen molar-refractivity contribution < 1.29 is 13.5 Å². The zero-order chi connectivity index (χ0) is 13.2. The van der Waals surface area contributed by atoms with Crippen molar-refractivity contribution in [2.24, 2.45) is 0 Å². The standard InChI is InChI=1S/C11H17NO3S3/c1-2-10-6-12(3-4-16-10)18(14,15)11-5-9(7-13)8-17-11/h5,8,10,13H,2-4,6-7H2,1H3. The summed E-state index contributed by atoms with van der Waals surface area (Å²) in [7, 11) is -3.37. The first kappa shape index (κ1) is 14.3. The van der Waals surface area contributed by atoms with Crippen molar-refractivity contribution >= 4 is 33.1 Å². The predicted molar refractivity (Wildman–Crippen MR) is 75.5 cm³/mol. The molecule has 1 aromatic heterocycles. The molecule has 1 unspecified atom stereocenters. The SMILES string of the molecule is CCC1CN(S(=O)(=O)c2cc(CO)cs2)CCS1. The van der Waals surface area contributed by atoms with Crippen LogP contribution in [0.25, 0.3) is 0 Å². The van der Waals surface area contributed by atoms with Crippen LogP contribution in [0.3, 0.4) is 0 Å². The summed E-state index contributed by atoms with van der Waals surface area (Å²) >= 11 is 3.03. The van der Waals surface area contributed by atoms with Gasteiger partial charge in [-0.1, -0.05) is 6.92 Å². The molecule has 0 amide bonds. The maximum Gasteiger partial charge on any atom is 0.252 e. The molecular formula is C11H17NO3S3. The molecule has 1 aliphatic rings. The van der Waals surface area contributed by atoms with E-state index in [1.165, 1.54) is 11.3 Å². The molecule has 4 nitrogen and oxygen atoms in total. The molecule has 2 rings (SSSR count). The fraction of sp³-hybridized carbons (Fsp3) is 0.636. The normalized spacial score (nSPS) is 22.2. The molecule has 1 aliphatic heterocycles. The Labute approximate surface area is 116 Å². The van der Waals surface area contributed by atoms with Crippen LogP contribution in [-0.4, -0.2) is 41.9 Å². The third kappa shape index (κ3) is 2.91. The maximum absolute atomic E-state index is 12.4. The van der Waals surface area contributed by atoms with Crippen LogP contribution in [0, 0.1) is 0 Å². The number of nitrogens with zero attached hydrogens (tertiary/aromatic N) is 1. The Bertz CT molecular complexity index is 497. The third-order valence-corrected chi connectivity index (χ3v) is 7.66. The van der Waals surface area contributed by atoms with Crippen LogP contribution in [0.5, 0.6) is 0 Å². The highest BCUT2D eigenvalue weighted by Crippen LogP contribution is 2.29. The van der Waals surface area contributed by atoms with E-state index in [0.29, 0.717) is 28.1 Å². The van der Waals surface area contributed by atoms with Crippen molar-refractivity contribution in [2.75, 3.05) is 18.8 Å². The summed E-state index contributed by atoms with van der Waals surface area (Å²) in [5, 5.41) is 11.1. The molecular weight excluding hydrogens is 290 g/mol. The van der Waals surface area contributed by atoms with E-state index in [0.717, 1.165) is 12.2 Å². The van der Waals surface area contributed by atoms with Gasteiger partial charge in [0.05, 0.1) is 6.61 Å². The molecule has 0 aliphatic carbocycles. The average Bonchev–Trinajstić information content (AvgIpc) is 2.88. The van der Waals surface area contributed by atoms with E-state index in [1.54, 1.807) is 15.8 Å². The van der Waals surface area contributed by atoms with Crippen molar-refractivity contribution in [3.63, 3.8) is 0 Å². The van der Waals surface area contributed by atoms with Crippen LogP contribution in [0.2, 0.25) is 0 Å². The molecule has 0 bridgehead atoms. The zero-order valence-electron chi connectivity index (χ0n) is 10.2. The Hall–Kier alpha value is -0.0800. The molecule has 1 N–H and O–H groups in total. The van der Waals surface area contributed by atoms with E-state index in [9.17, 15) is 8.42 Å². The van der Waals surface area contributed by atoms with E-state index in [-0.39, 0.29) is 6.61 Å². The highest BCUT2D eigenvalue weighted by molar-refractivity contribution is 8.00. The first-order valence-corrected chi connectivity index (χ1v) is 9.24. The molecule has 1 aromatic rings. The number of aliphatic hydroxyl groups is 1. The van der Waals surface area contributed by atoms with E-state index in [2.05, 4.69) is 6.92 Å². The van der Waals surface area contributed by atoms with Crippen LogP contribution >= 0.6 is 23.1 Å². The lowest BCUT2D eigenvalue weighted by atomic mass is 10.3. The number of hydrogen-bond donors (Lipinski definition) is 1. The lowest BCUT2D eigenvalue weighted by Gasteiger charge is -2.30. The Morgan fingerprint density at radius 3 is 2.94 bits per heavy atom. The van der Waals surface area contributed by atoms with Crippen molar-refractivity contribution in [1.29, 1.82) is 0 Å². The Balaban J connectivity index is 2.19. The van der Waals surface area contributed by atoms with Crippen LogP contribution in [-0.2, 0) is 16.6 Å². The van der Waals surface area contributed by atoms with Gasteiger partial charge < -0.3 is 5.11 Å². The molecule has 1 saturated heterocycles. The second kappa shape index (κ2) is 5.92.